The summed E-state index contributed by atoms with van der Waals surface area (Å²) in [5, 5.41) is 5.43. The number of aryl methyl sites for hydroxylation is 2. The lowest BCUT2D eigenvalue weighted by molar-refractivity contribution is 0.0665. The zero-order chi connectivity index (χ0) is 17.7. The molecule has 0 bridgehead atoms. The van der Waals surface area contributed by atoms with Crippen molar-refractivity contribution in [3.8, 4) is 0 Å². The van der Waals surface area contributed by atoms with Gasteiger partial charge in [-0.25, -0.2) is 4.98 Å². The summed E-state index contributed by atoms with van der Waals surface area (Å²) in [4.78, 5) is 22.4. The molecule has 1 saturated carbocycles. The van der Waals surface area contributed by atoms with Crippen LogP contribution < -0.4 is 0 Å². The molecule has 6 nitrogen and oxygen atoms in total. The van der Waals surface area contributed by atoms with Crippen LogP contribution in [-0.4, -0.2) is 63.7 Å². The van der Waals surface area contributed by atoms with Gasteiger partial charge in [-0.05, 0) is 52.8 Å². The Kier molecular flexibility index (Phi) is 4.02. The smallest absolute Gasteiger partial charge is 0.254 e. The number of pyridine rings is 1. The van der Waals surface area contributed by atoms with E-state index in [4.69, 9.17) is 4.98 Å². The van der Waals surface area contributed by atoms with Crippen molar-refractivity contribution >= 4 is 16.9 Å². The van der Waals surface area contributed by atoms with Crippen molar-refractivity contribution < 1.29 is 4.79 Å². The van der Waals surface area contributed by atoms with Gasteiger partial charge < -0.3 is 9.80 Å². The molecular formula is C19H27N5O. The van der Waals surface area contributed by atoms with Gasteiger partial charge in [-0.3, -0.25) is 9.48 Å². The maximum atomic E-state index is 13.3. The molecular weight excluding hydrogens is 314 g/mol. The van der Waals surface area contributed by atoms with Crippen LogP contribution in [0.15, 0.2) is 6.07 Å². The minimum absolute atomic E-state index is 0.141. The van der Waals surface area contributed by atoms with Crippen molar-refractivity contribution in [1.82, 2.24) is 24.6 Å². The number of carbonyl (C=O) groups excluding carboxylic acids is 1. The van der Waals surface area contributed by atoms with E-state index < -0.39 is 0 Å². The lowest BCUT2D eigenvalue weighted by Gasteiger charge is -2.35. The molecule has 0 atom stereocenters. The average molecular weight is 341 g/mol. The van der Waals surface area contributed by atoms with E-state index in [0.717, 1.165) is 53.9 Å². The van der Waals surface area contributed by atoms with Crippen molar-refractivity contribution in [1.29, 1.82) is 0 Å². The molecule has 1 saturated heterocycles. The zero-order valence-corrected chi connectivity index (χ0v) is 15.6. The Balaban J connectivity index is 1.69. The van der Waals surface area contributed by atoms with Crippen molar-refractivity contribution in [3.05, 3.63) is 23.0 Å². The number of amides is 1. The highest BCUT2D eigenvalue weighted by atomic mass is 16.2. The van der Waals surface area contributed by atoms with Crippen molar-refractivity contribution in [2.24, 2.45) is 7.05 Å². The maximum Gasteiger partial charge on any atom is 0.254 e. The Hall–Kier alpha value is -1.95. The number of hydrogen-bond donors (Lipinski definition) is 0. The van der Waals surface area contributed by atoms with Gasteiger partial charge in [-0.2, -0.15) is 5.10 Å². The van der Waals surface area contributed by atoms with Crippen LogP contribution in [0.5, 0.6) is 0 Å². The summed E-state index contributed by atoms with van der Waals surface area (Å²) < 4.78 is 1.81. The Bertz CT molecular complexity index is 813. The maximum absolute atomic E-state index is 13.3. The van der Waals surface area contributed by atoms with Crippen LogP contribution in [0.4, 0.5) is 0 Å². The van der Waals surface area contributed by atoms with Gasteiger partial charge in [-0.1, -0.05) is 0 Å². The van der Waals surface area contributed by atoms with Gasteiger partial charge in [-0.15, -0.1) is 0 Å². The summed E-state index contributed by atoms with van der Waals surface area (Å²) in [5.41, 5.74) is 3.58. The molecule has 0 N–H and O–H groups in total. The highest BCUT2D eigenvalue weighted by molar-refractivity contribution is 6.06. The molecule has 2 fully saturated rings. The predicted octanol–water partition coefficient (Wildman–Crippen LogP) is 2.32. The van der Waals surface area contributed by atoms with E-state index in [1.54, 1.807) is 0 Å². The lowest BCUT2D eigenvalue weighted by atomic mass is 10.0. The Morgan fingerprint density at radius 2 is 1.88 bits per heavy atom. The highest BCUT2D eigenvalue weighted by Crippen LogP contribution is 2.40. The van der Waals surface area contributed by atoms with E-state index in [1.807, 2.05) is 29.6 Å². The third-order valence-corrected chi connectivity index (χ3v) is 5.70. The number of likely N-dealkylation sites (tertiary alicyclic amines) is 1. The fraction of sp³-hybridized carbons (Fsp3) is 0.632. The average Bonchev–Trinajstić information content (AvgIpc) is 3.41. The first-order valence-corrected chi connectivity index (χ1v) is 9.25. The molecule has 2 aliphatic rings. The van der Waals surface area contributed by atoms with Crippen LogP contribution >= 0.6 is 0 Å². The van der Waals surface area contributed by atoms with Gasteiger partial charge in [0.25, 0.3) is 5.91 Å². The molecule has 0 spiro atoms. The van der Waals surface area contributed by atoms with E-state index in [2.05, 4.69) is 24.1 Å². The quantitative estimate of drug-likeness (QED) is 0.860. The number of hydrogen-bond acceptors (Lipinski definition) is 4. The number of piperidine rings is 1. The first kappa shape index (κ1) is 16.5. The number of aromatic nitrogens is 3. The van der Waals surface area contributed by atoms with Crippen LogP contribution in [0.2, 0.25) is 0 Å². The van der Waals surface area contributed by atoms with Crippen LogP contribution in [-0.2, 0) is 7.05 Å². The molecule has 0 radical (unpaired) electrons. The summed E-state index contributed by atoms with van der Waals surface area (Å²) >= 11 is 0. The highest BCUT2D eigenvalue weighted by Gasteiger charge is 2.31. The monoisotopic (exact) mass is 341 g/mol. The van der Waals surface area contributed by atoms with E-state index in [9.17, 15) is 4.79 Å². The molecule has 1 amide bonds. The Morgan fingerprint density at radius 1 is 1.20 bits per heavy atom. The van der Waals surface area contributed by atoms with Gasteiger partial charge in [0.05, 0.1) is 16.6 Å². The van der Waals surface area contributed by atoms with Gasteiger partial charge >= 0.3 is 0 Å². The molecule has 3 heterocycles. The molecule has 4 rings (SSSR count). The van der Waals surface area contributed by atoms with Crippen LogP contribution in [0.1, 0.15) is 53.3 Å². The summed E-state index contributed by atoms with van der Waals surface area (Å²) in [6.45, 7) is 3.61. The van der Waals surface area contributed by atoms with Gasteiger partial charge in [0.15, 0.2) is 5.65 Å². The van der Waals surface area contributed by atoms with Gasteiger partial charge in [0.1, 0.15) is 0 Å². The summed E-state index contributed by atoms with van der Waals surface area (Å²) in [7, 11) is 6.15. The molecule has 2 aromatic heterocycles. The number of fused-ring (bicyclic) bond motifs is 1. The van der Waals surface area contributed by atoms with E-state index in [1.165, 1.54) is 12.8 Å². The van der Waals surface area contributed by atoms with E-state index >= 15 is 0 Å². The Labute approximate surface area is 148 Å². The summed E-state index contributed by atoms with van der Waals surface area (Å²) in [6, 6.07) is 2.61. The second-order valence-corrected chi connectivity index (χ2v) is 7.76. The second kappa shape index (κ2) is 6.09. The molecule has 1 aliphatic carbocycles. The normalized spacial score (nSPS) is 19.2. The molecule has 1 aliphatic heterocycles. The third-order valence-electron chi connectivity index (χ3n) is 5.70. The molecule has 2 aromatic rings. The summed E-state index contributed by atoms with van der Waals surface area (Å²) in [5.74, 6) is 0.660. The molecule has 25 heavy (non-hydrogen) atoms. The van der Waals surface area contributed by atoms with Crippen molar-refractivity contribution in [3.63, 3.8) is 0 Å². The summed E-state index contributed by atoms with van der Waals surface area (Å²) in [6.07, 6.45) is 4.43. The second-order valence-electron chi connectivity index (χ2n) is 7.76. The van der Waals surface area contributed by atoms with Crippen molar-refractivity contribution in [2.45, 2.75) is 44.6 Å². The lowest BCUT2D eigenvalue weighted by Crippen LogP contribution is -2.44. The minimum atomic E-state index is 0.141. The Morgan fingerprint density at radius 3 is 2.48 bits per heavy atom. The first-order valence-electron chi connectivity index (χ1n) is 9.25. The molecule has 0 aromatic carbocycles. The van der Waals surface area contributed by atoms with Crippen LogP contribution in [0.25, 0.3) is 11.0 Å². The van der Waals surface area contributed by atoms with Crippen LogP contribution in [0, 0.1) is 6.92 Å². The fourth-order valence-corrected chi connectivity index (χ4v) is 3.98. The van der Waals surface area contributed by atoms with E-state index in [0.29, 0.717) is 12.0 Å². The largest absolute Gasteiger partial charge is 0.339 e. The van der Waals surface area contributed by atoms with Crippen molar-refractivity contribution in [2.75, 3.05) is 27.2 Å². The standard InChI is InChI=1S/C19H27N5O/c1-12-17-15(19(25)24-9-7-14(8-10-24)22(2)3)11-16(13-5-6-13)20-18(17)23(4)21-12/h11,13-14H,5-10H2,1-4H3. The minimum Gasteiger partial charge on any atom is -0.339 e. The number of nitrogens with zero attached hydrogens (tertiary/aromatic N) is 5. The fourth-order valence-electron chi connectivity index (χ4n) is 3.98. The SMILES string of the molecule is Cc1nn(C)c2nc(C3CC3)cc(C(=O)N3CCC(N(C)C)CC3)c12. The molecule has 6 heteroatoms. The number of rotatable bonds is 3. The third kappa shape index (κ3) is 2.92. The van der Waals surface area contributed by atoms with Crippen LogP contribution in [0.3, 0.4) is 0 Å². The van der Waals surface area contributed by atoms with E-state index in [-0.39, 0.29) is 5.91 Å². The predicted molar refractivity (Wildman–Crippen MR) is 97.8 cm³/mol. The molecule has 0 unspecified atom stereocenters. The van der Waals surface area contributed by atoms with Gasteiger partial charge in [0, 0.05) is 37.8 Å². The van der Waals surface area contributed by atoms with Gasteiger partial charge in [0.2, 0.25) is 0 Å². The first-order chi connectivity index (χ1) is 12.0. The molecule has 134 valence electrons. The number of carbonyl (C=O) groups is 1. The topological polar surface area (TPSA) is 54.3 Å². The zero-order valence-electron chi connectivity index (χ0n) is 15.6.